The molecule has 0 aromatic heterocycles. The van der Waals surface area contributed by atoms with Crippen LogP contribution in [0.3, 0.4) is 0 Å². The van der Waals surface area contributed by atoms with Crippen LogP contribution in [0.15, 0.2) is 0 Å². The molecule has 0 bridgehead atoms. The molecule has 0 amide bonds. The Morgan fingerprint density at radius 1 is 1.38 bits per heavy atom. The van der Waals surface area contributed by atoms with E-state index in [-0.39, 0.29) is 29.6 Å². The summed E-state index contributed by atoms with van der Waals surface area (Å²) >= 11 is -1.68. The average Bonchev–Trinajstić information content (AvgIpc) is 1.31. The van der Waals surface area contributed by atoms with Gasteiger partial charge in [-0.05, 0) is 20.8 Å². The molecule has 46 valence electrons. The standard InChI is InChI=1S/C4H10O2S.Na.H/c1-4(2,3)7(5)6;;/h1-3H3,(H,5,6);;. The van der Waals surface area contributed by atoms with Crippen molar-refractivity contribution in [2.45, 2.75) is 25.5 Å². The fraction of sp³-hybridized carbons (Fsp3) is 1.00. The van der Waals surface area contributed by atoms with Crippen molar-refractivity contribution in [2.24, 2.45) is 0 Å². The second kappa shape index (κ2) is 4.01. The first-order chi connectivity index (χ1) is 2.94. The van der Waals surface area contributed by atoms with Crippen molar-refractivity contribution in [2.75, 3.05) is 0 Å². The molecule has 0 aliphatic carbocycles. The van der Waals surface area contributed by atoms with E-state index < -0.39 is 15.8 Å². The van der Waals surface area contributed by atoms with Gasteiger partial charge in [-0.15, -0.1) is 0 Å². The zero-order valence-corrected chi connectivity index (χ0v) is 5.58. The molecule has 8 heavy (non-hydrogen) atoms. The molecule has 2 nitrogen and oxygen atoms in total. The Balaban J connectivity index is 0. The molecule has 1 atom stereocenters. The van der Waals surface area contributed by atoms with Gasteiger partial charge < -0.3 is 4.55 Å². The average molecular weight is 146 g/mol. The molecule has 0 aliphatic heterocycles. The van der Waals surface area contributed by atoms with Gasteiger partial charge >= 0.3 is 29.6 Å². The number of hydrogen-bond donors (Lipinski definition) is 1. The van der Waals surface area contributed by atoms with Crippen LogP contribution in [-0.4, -0.2) is 43.1 Å². The Morgan fingerprint density at radius 3 is 1.50 bits per heavy atom. The molecule has 4 heteroatoms. The Hall–Kier alpha value is 1.11. The Morgan fingerprint density at radius 2 is 1.50 bits per heavy atom. The first kappa shape index (κ1) is 11.9. The van der Waals surface area contributed by atoms with Gasteiger partial charge in [-0.1, -0.05) is 0 Å². The van der Waals surface area contributed by atoms with Crippen LogP contribution in [0.5, 0.6) is 0 Å². The molecular weight excluding hydrogens is 135 g/mol. The molecular formula is C4H11NaO2S. The topological polar surface area (TPSA) is 37.3 Å². The van der Waals surface area contributed by atoms with Gasteiger partial charge in [0.15, 0.2) is 11.1 Å². The minimum absolute atomic E-state index is 0. The minimum atomic E-state index is -1.68. The second-order valence-electron chi connectivity index (χ2n) is 2.36. The third-order valence-corrected chi connectivity index (χ3v) is 1.57. The van der Waals surface area contributed by atoms with E-state index in [1.54, 1.807) is 20.8 Å². The third-order valence-electron chi connectivity index (χ3n) is 0.524. The van der Waals surface area contributed by atoms with Crippen LogP contribution in [0.4, 0.5) is 0 Å². The first-order valence-electron chi connectivity index (χ1n) is 2.05. The van der Waals surface area contributed by atoms with Crippen LogP contribution < -0.4 is 0 Å². The Bertz CT molecular complexity index is 86.5. The van der Waals surface area contributed by atoms with E-state index in [1.807, 2.05) is 0 Å². The fourth-order valence-electron chi connectivity index (χ4n) is 0. The molecule has 0 heterocycles. The number of rotatable bonds is 0. The first-order valence-corrected chi connectivity index (χ1v) is 3.16. The van der Waals surface area contributed by atoms with Gasteiger partial charge in [-0.3, -0.25) is 0 Å². The Labute approximate surface area is 74.6 Å². The van der Waals surface area contributed by atoms with E-state index in [0.29, 0.717) is 0 Å². The van der Waals surface area contributed by atoms with Crippen molar-refractivity contribution in [3.05, 3.63) is 0 Å². The van der Waals surface area contributed by atoms with Crippen molar-refractivity contribution in [1.82, 2.24) is 0 Å². The monoisotopic (exact) mass is 146 g/mol. The molecule has 0 saturated heterocycles. The summed E-state index contributed by atoms with van der Waals surface area (Å²) in [5.41, 5.74) is 0. The summed E-state index contributed by atoms with van der Waals surface area (Å²) in [7, 11) is 0. The second-order valence-corrected chi connectivity index (χ2v) is 4.08. The molecule has 1 N–H and O–H groups in total. The van der Waals surface area contributed by atoms with Crippen LogP contribution in [0.25, 0.3) is 0 Å². The maximum absolute atomic E-state index is 10.1. The predicted molar refractivity (Wildman–Crippen MR) is 37.7 cm³/mol. The summed E-state index contributed by atoms with van der Waals surface area (Å²) in [6.07, 6.45) is 0. The van der Waals surface area contributed by atoms with E-state index in [2.05, 4.69) is 0 Å². The van der Waals surface area contributed by atoms with E-state index >= 15 is 0 Å². The van der Waals surface area contributed by atoms with Gasteiger partial charge in [0.25, 0.3) is 0 Å². The van der Waals surface area contributed by atoms with Crippen LogP contribution in [0, 0.1) is 0 Å². The summed E-state index contributed by atoms with van der Waals surface area (Å²) in [5, 5.41) is 0. The predicted octanol–water partition coefficient (Wildman–Crippen LogP) is 0.358. The van der Waals surface area contributed by atoms with Crippen LogP contribution >= 0.6 is 0 Å². The summed E-state index contributed by atoms with van der Waals surface area (Å²) in [5.74, 6) is 0. The zero-order valence-electron chi connectivity index (χ0n) is 4.76. The molecule has 0 aromatic carbocycles. The normalized spacial score (nSPS) is 14.5. The van der Waals surface area contributed by atoms with Gasteiger partial charge in [0, 0.05) is 0 Å². The molecule has 0 rings (SSSR count). The molecule has 0 aliphatic rings. The number of hydrogen-bond acceptors (Lipinski definition) is 1. The van der Waals surface area contributed by atoms with Gasteiger partial charge in [-0.25, -0.2) is 4.21 Å². The van der Waals surface area contributed by atoms with E-state index in [0.717, 1.165) is 0 Å². The Kier molecular flexibility index (Phi) is 5.94. The van der Waals surface area contributed by atoms with Crippen LogP contribution in [0.1, 0.15) is 20.8 Å². The molecule has 1 unspecified atom stereocenters. The van der Waals surface area contributed by atoms with E-state index in [9.17, 15) is 4.21 Å². The van der Waals surface area contributed by atoms with Gasteiger partial charge in [0.2, 0.25) is 0 Å². The van der Waals surface area contributed by atoms with Crippen molar-refractivity contribution < 1.29 is 8.76 Å². The van der Waals surface area contributed by atoms with Crippen molar-refractivity contribution in [3.8, 4) is 0 Å². The van der Waals surface area contributed by atoms with E-state index in [4.69, 9.17) is 4.55 Å². The van der Waals surface area contributed by atoms with Crippen molar-refractivity contribution in [3.63, 3.8) is 0 Å². The summed E-state index contributed by atoms with van der Waals surface area (Å²) in [6, 6.07) is 0. The quantitative estimate of drug-likeness (QED) is 0.395. The summed E-state index contributed by atoms with van der Waals surface area (Å²) in [4.78, 5) is 0. The van der Waals surface area contributed by atoms with Gasteiger partial charge in [-0.2, -0.15) is 0 Å². The van der Waals surface area contributed by atoms with Crippen LogP contribution in [-0.2, 0) is 11.1 Å². The summed E-state index contributed by atoms with van der Waals surface area (Å²) < 4.78 is 18.0. The fourth-order valence-corrected chi connectivity index (χ4v) is 0. The SMILES string of the molecule is CC(C)(C)S(=O)O.[NaH]. The third kappa shape index (κ3) is 5.25. The van der Waals surface area contributed by atoms with E-state index in [1.165, 1.54) is 0 Å². The van der Waals surface area contributed by atoms with Crippen molar-refractivity contribution >= 4 is 40.6 Å². The maximum atomic E-state index is 10.1. The molecule has 0 aromatic rings. The molecule has 0 saturated carbocycles. The molecule has 0 spiro atoms. The van der Waals surface area contributed by atoms with Gasteiger partial charge in [0.05, 0.1) is 4.75 Å². The summed E-state index contributed by atoms with van der Waals surface area (Å²) in [6.45, 7) is 5.13. The van der Waals surface area contributed by atoms with Crippen molar-refractivity contribution in [1.29, 1.82) is 0 Å². The zero-order chi connectivity index (χ0) is 6.08. The van der Waals surface area contributed by atoms with Crippen LogP contribution in [0.2, 0.25) is 0 Å². The molecule has 0 fully saturated rings. The van der Waals surface area contributed by atoms with Gasteiger partial charge in [0.1, 0.15) is 0 Å². The molecule has 0 radical (unpaired) electrons.